The Balaban J connectivity index is 1.26. The highest BCUT2D eigenvalue weighted by molar-refractivity contribution is 7.89. The summed E-state index contributed by atoms with van der Waals surface area (Å²) in [6.07, 6.45) is 8.75. The number of ether oxygens (including phenoxy) is 1. The molecule has 196 valence electrons. The Morgan fingerprint density at radius 3 is 2.62 bits per heavy atom. The SMILES string of the molecule is CCCCCS(=O)(=O)n1cc(-c2cccc3nc(Cc4ccc(OCCN5CCCC5)cc4)nn23)cn1. The fourth-order valence-electron chi connectivity index (χ4n) is 4.65. The first kappa shape index (κ1) is 25.4. The highest BCUT2D eigenvalue weighted by Gasteiger charge is 2.17. The molecule has 3 aromatic heterocycles. The van der Waals surface area contributed by atoms with Crippen molar-refractivity contribution in [1.29, 1.82) is 0 Å². The predicted molar refractivity (Wildman–Crippen MR) is 143 cm³/mol. The van der Waals surface area contributed by atoms with Crippen LogP contribution in [0.1, 0.15) is 50.4 Å². The van der Waals surface area contributed by atoms with Gasteiger partial charge >= 0.3 is 0 Å². The van der Waals surface area contributed by atoms with Crippen molar-refractivity contribution in [2.24, 2.45) is 0 Å². The molecule has 9 nitrogen and oxygen atoms in total. The maximum Gasteiger partial charge on any atom is 0.253 e. The van der Waals surface area contributed by atoms with E-state index >= 15 is 0 Å². The van der Waals surface area contributed by atoms with Crippen molar-refractivity contribution in [3.63, 3.8) is 0 Å². The van der Waals surface area contributed by atoms with E-state index in [4.69, 9.17) is 9.84 Å². The van der Waals surface area contributed by atoms with Gasteiger partial charge in [-0.2, -0.15) is 14.3 Å². The van der Waals surface area contributed by atoms with Crippen molar-refractivity contribution in [2.75, 3.05) is 32.0 Å². The summed E-state index contributed by atoms with van der Waals surface area (Å²) in [6, 6.07) is 13.8. The summed E-state index contributed by atoms with van der Waals surface area (Å²) in [5, 5.41) is 8.84. The molecule has 0 atom stereocenters. The minimum absolute atomic E-state index is 0.0852. The summed E-state index contributed by atoms with van der Waals surface area (Å²) in [6.45, 7) is 6.07. The van der Waals surface area contributed by atoms with E-state index in [1.54, 1.807) is 16.9 Å². The zero-order valence-electron chi connectivity index (χ0n) is 21.3. The van der Waals surface area contributed by atoms with Gasteiger partial charge in [0.2, 0.25) is 0 Å². The molecular weight excluding hydrogens is 488 g/mol. The molecule has 0 spiro atoms. The average Bonchev–Trinajstić information content (AvgIpc) is 3.66. The van der Waals surface area contributed by atoms with Crippen LogP contribution in [0.5, 0.6) is 5.75 Å². The minimum atomic E-state index is -3.47. The molecule has 0 saturated carbocycles. The van der Waals surface area contributed by atoms with Gasteiger partial charge in [-0.25, -0.2) is 17.9 Å². The van der Waals surface area contributed by atoms with Crippen LogP contribution in [-0.2, 0) is 16.4 Å². The highest BCUT2D eigenvalue weighted by Crippen LogP contribution is 2.22. The van der Waals surface area contributed by atoms with Gasteiger partial charge in [-0.3, -0.25) is 4.90 Å². The normalized spacial score (nSPS) is 14.5. The number of pyridine rings is 1. The molecule has 0 unspecified atom stereocenters. The summed E-state index contributed by atoms with van der Waals surface area (Å²) in [5.41, 5.74) is 3.22. The first-order valence-corrected chi connectivity index (χ1v) is 14.7. The first-order chi connectivity index (χ1) is 18.0. The molecule has 1 aromatic carbocycles. The molecule has 4 heterocycles. The Morgan fingerprint density at radius 2 is 1.84 bits per heavy atom. The second kappa shape index (κ2) is 11.4. The van der Waals surface area contributed by atoms with E-state index in [-0.39, 0.29) is 5.75 Å². The fourth-order valence-corrected chi connectivity index (χ4v) is 5.87. The van der Waals surface area contributed by atoms with Crippen molar-refractivity contribution < 1.29 is 13.2 Å². The number of fused-ring (bicyclic) bond motifs is 1. The third-order valence-electron chi connectivity index (χ3n) is 6.71. The number of hydrogen-bond acceptors (Lipinski definition) is 7. The van der Waals surface area contributed by atoms with Gasteiger partial charge in [0, 0.05) is 18.5 Å². The highest BCUT2D eigenvalue weighted by atomic mass is 32.2. The fraction of sp³-hybridized carbons (Fsp3) is 0.444. The van der Waals surface area contributed by atoms with Gasteiger partial charge < -0.3 is 4.74 Å². The van der Waals surface area contributed by atoms with Crippen molar-refractivity contribution in [1.82, 2.24) is 28.7 Å². The first-order valence-electron chi connectivity index (χ1n) is 13.1. The van der Waals surface area contributed by atoms with Gasteiger partial charge in [0.05, 0.1) is 23.8 Å². The van der Waals surface area contributed by atoms with Gasteiger partial charge in [-0.15, -0.1) is 0 Å². The van der Waals surface area contributed by atoms with Crippen LogP contribution >= 0.6 is 0 Å². The lowest BCUT2D eigenvalue weighted by molar-refractivity contribution is 0.238. The third-order valence-corrected chi connectivity index (χ3v) is 8.29. The molecule has 1 saturated heterocycles. The Kier molecular flexibility index (Phi) is 7.85. The van der Waals surface area contributed by atoms with Crippen LogP contribution in [0.3, 0.4) is 0 Å². The molecule has 1 fully saturated rings. The smallest absolute Gasteiger partial charge is 0.253 e. The van der Waals surface area contributed by atoms with Gasteiger partial charge in [-0.05, 0) is 62.2 Å². The average molecular weight is 523 g/mol. The van der Waals surface area contributed by atoms with Gasteiger partial charge in [0.1, 0.15) is 12.4 Å². The van der Waals surface area contributed by atoms with E-state index in [0.717, 1.165) is 40.5 Å². The molecule has 4 aromatic rings. The lowest BCUT2D eigenvalue weighted by atomic mass is 10.1. The molecule has 1 aliphatic heterocycles. The number of rotatable bonds is 12. The minimum Gasteiger partial charge on any atom is -0.492 e. The number of hydrogen-bond donors (Lipinski definition) is 0. The maximum absolute atomic E-state index is 12.6. The van der Waals surface area contributed by atoms with Crippen LogP contribution in [0, 0.1) is 0 Å². The van der Waals surface area contributed by atoms with E-state index in [1.807, 2.05) is 49.4 Å². The number of nitrogens with zero attached hydrogens (tertiary/aromatic N) is 6. The zero-order valence-corrected chi connectivity index (χ0v) is 22.1. The quantitative estimate of drug-likeness (QED) is 0.259. The topological polar surface area (TPSA) is 94.6 Å². The summed E-state index contributed by atoms with van der Waals surface area (Å²) >= 11 is 0. The molecule has 0 N–H and O–H groups in total. The summed E-state index contributed by atoms with van der Waals surface area (Å²) in [5.74, 6) is 1.65. The Hall–Kier alpha value is -3.24. The van der Waals surface area contributed by atoms with Crippen LogP contribution in [0.15, 0.2) is 54.9 Å². The summed E-state index contributed by atoms with van der Waals surface area (Å²) in [4.78, 5) is 7.13. The molecule has 0 amide bonds. The second-order valence-electron chi connectivity index (χ2n) is 9.55. The largest absolute Gasteiger partial charge is 0.492 e. The monoisotopic (exact) mass is 522 g/mol. The van der Waals surface area contributed by atoms with Crippen LogP contribution in [-0.4, -0.2) is 69.1 Å². The Bertz CT molecular complexity index is 1420. The van der Waals surface area contributed by atoms with Crippen molar-refractivity contribution in [3.8, 4) is 17.0 Å². The van der Waals surface area contributed by atoms with Crippen molar-refractivity contribution >= 4 is 15.7 Å². The van der Waals surface area contributed by atoms with E-state index in [2.05, 4.69) is 15.0 Å². The van der Waals surface area contributed by atoms with E-state index in [0.29, 0.717) is 36.5 Å². The molecule has 37 heavy (non-hydrogen) atoms. The lowest BCUT2D eigenvalue weighted by Crippen LogP contribution is -2.25. The van der Waals surface area contributed by atoms with Gasteiger partial charge in [-0.1, -0.05) is 38.0 Å². The molecule has 0 bridgehead atoms. The van der Waals surface area contributed by atoms with Gasteiger partial charge in [0.15, 0.2) is 11.5 Å². The number of unbranched alkanes of at least 4 members (excludes halogenated alkanes) is 2. The summed E-state index contributed by atoms with van der Waals surface area (Å²) < 4.78 is 34.0. The second-order valence-corrected chi connectivity index (χ2v) is 11.5. The van der Waals surface area contributed by atoms with E-state index in [1.165, 1.54) is 25.9 Å². The van der Waals surface area contributed by atoms with Crippen LogP contribution in [0.2, 0.25) is 0 Å². The zero-order chi connectivity index (χ0) is 25.7. The predicted octanol–water partition coefficient (Wildman–Crippen LogP) is 4.03. The number of benzene rings is 1. The van der Waals surface area contributed by atoms with Crippen LogP contribution in [0.25, 0.3) is 16.9 Å². The number of likely N-dealkylation sites (tertiary alicyclic amines) is 1. The van der Waals surface area contributed by atoms with Crippen molar-refractivity contribution in [3.05, 3.63) is 66.2 Å². The molecule has 0 aliphatic carbocycles. The Labute approximate surface area is 218 Å². The molecule has 1 aliphatic rings. The van der Waals surface area contributed by atoms with Crippen molar-refractivity contribution in [2.45, 2.75) is 45.4 Å². The lowest BCUT2D eigenvalue weighted by Gasteiger charge is -2.14. The summed E-state index contributed by atoms with van der Waals surface area (Å²) in [7, 11) is -3.47. The Morgan fingerprint density at radius 1 is 1.03 bits per heavy atom. The van der Waals surface area contributed by atoms with E-state index in [9.17, 15) is 8.42 Å². The van der Waals surface area contributed by atoms with Crippen LogP contribution < -0.4 is 4.74 Å². The molecular formula is C27H34N6O3S. The van der Waals surface area contributed by atoms with E-state index < -0.39 is 10.0 Å². The van der Waals surface area contributed by atoms with Gasteiger partial charge in [0.25, 0.3) is 10.0 Å². The van der Waals surface area contributed by atoms with Crippen LogP contribution in [0.4, 0.5) is 0 Å². The maximum atomic E-state index is 12.6. The molecule has 5 rings (SSSR count). The molecule has 10 heteroatoms. The number of aromatic nitrogens is 5. The third kappa shape index (κ3) is 6.19. The standard InChI is InChI=1S/C27H34N6O3S/c1-2-3-6-18-37(34,35)32-21-23(20-28-32)25-8-7-9-27-29-26(30-33(25)27)19-22-10-12-24(13-11-22)36-17-16-31-14-4-5-15-31/h7-13,20-21H,2-6,14-19H2,1H3. The molecule has 0 radical (unpaired) electrons.